The van der Waals surface area contributed by atoms with E-state index in [-0.39, 0.29) is 6.04 Å². The molecule has 0 saturated carbocycles. The van der Waals surface area contributed by atoms with E-state index in [1.54, 1.807) is 6.20 Å². The number of halogens is 2. The number of hydrogen-bond donors (Lipinski definition) is 1. The fourth-order valence-corrected chi connectivity index (χ4v) is 2.18. The second kappa shape index (κ2) is 6.03. The number of alkyl halides is 1. The lowest BCUT2D eigenvalue weighted by Gasteiger charge is -2.17. The molecule has 0 radical (unpaired) electrons. The van der Waals surface area contributed by atoms with Gasteiger partial charge in [-0.25, -0.2) is 4.98 Å². The molecule has 0 saturated heterocycles. The summed E-state index contributed by atoms with van der Waals surface area (Å²) in [5.41, 5.74) is 1.15. The van der Waals surface area contributed by atoms with Gasteiger partial charge < -0.3 is 5.32 Å². The highest BCUT2D eigenvalue weighted by Gasteiger charge is 2.11. The molecule has 0 fully saturated rings. The normalized spacial score (nSPS) is 12.1. The third-order valence-corrected chi connectivity index (χ3v) is 3.37. The smallest absolute Gasteiger partial charge is 0.140 e. The van der Waals surface area contributed by atoms with Gasteiger partial charge in [0, 0.05) is 12.1 Å². The van der Waals surface area contributed by atoms with Crippen molar-refractivity contribution >= 4 is 33.3 Å². The first-order valence-electron chi connectivity index (χ1n) is 5.29. The zero-order valence-corrected chi connectivity index (χ0v) is 11.4. The van der Waals surface area contributed by atoms with Crippen LogP contribution >= 0.6 is 27.5 Å². The van der Waals surface area contributed by atoms with Crippen LogP contribution in [-0.2, 0) is 0 Å². The summed E-state index contributed by atoms with van der Waals surface area (Å²) in [6.45, 7) is 0. The van der Waals surface area contributed by atoms with Crippen LogP contribution in [0.15, 0.2) is 53.1 Å². The minimum absolute atomic E-state index is 0.0593. The number of benzene rings is 1. The lowest BCUT2D eigenvalue weighted by molar-refractivity contribution is 0.881. The van der Waals surface area contributed by atoms with Crippen molar-refractivity contribution in [3.63, 3.8) is 0 Å². The Labute approximate surface area is 114 Å². The predicted octanol–water partition coefficient (Wildman–Crippen LogP) is 4.24. The molecule has 0 aliphatic heterocycles. The second-order valence-electron chi connectivity index (χ2n) is 3.60. The number of anilines is 1. The minimum atomic E-state index is 0.0593. The molecule has 0 bridgehead atoms. The molecule has 1 aromatic heterocycles. The van der Waals surface area contributed by atoms with Crippen molar-refractivity contribution in [3.05, 3.63) is 58.7 Å². The molecule has 2 rings (SSSR count). The van der Waals surface area contributed by atoms with Crippen LogP contribution in [0.25, 0.3) is 0 Å². The van der Waals surface area contributed by atoms with Crippen LogP contribution in [-0.4, -0.2) is 10.9 Å². The van der Waals surface area contributed by atoms with Crippen LogP contribution in [0.3, 0.4) is 0 Å². The maximum atomic E-state index is 6.00. The Morgan fingerprint density at radius 3 is 2.59 bits per heavy atom. The van der Waals surface area contributed by atoms with E-state index in [2.05, 4.69) is 38.4 Å². The Morgan fingerprint density at radius 1 is 1.18 bits per heavy atom. The topological polar surface area (TPSA) is 24.9 Å². The van der Waals surface area contributed by atoms with E-state index in [4.69, 9.17) is 11.6 Å². The van der Waals surface area contributed by atoms with Crippen molar-refractivity contribution in [3.8, 4) is 0 Å². The number of pyridine rings is 1. The van der Waals surface area contributed by atoms with Gasteiger partial charge in [0.25, 0.3) is 0 Å². The molecule has 0 spiro atoms. The van der Waals surface area contributed by atoms with Crippen molar-refractivity contribution in [1.29, 1.82) is 0 Å². The van der Waals surface area contributed by atoms with Crippen molar-refractivity contribution < 1.29 is 0 Å². The average molecular weight is 312 g/mol. The van der Waals surface area contributed by atoms with Gasteiger partial charge in [-0.15, -0.1) is 11.6 Å². The van der Waals surface area contributed by atoms with Gasteiger partial charge in [-0.05, 0) is 33.6 Å². The molecule has 0 aliphatic rings. The maximum absolute atomic E-state index is 6.00. The van der Waals surface area contributed by atoms with Crippen LogP contribution < -0.4 is 5.32 Å². The van der Waals surface area contributed by atoms with Crippen molar-refractivity contribution in [2.45, 2.75) is 6.04 Å². The van der Waals surface area contributed by atoms with Gasteiger partial charge in [0.05, 0.1) is 10.5 Å². The molecule has 88 valence electrons. The van der Waals surface area contributed by atoms with Gasteiger partial charge in [0.15, 0.2) is 0 Å². The fourth-order valence-electron chi connectivity index (χ4n) is 1.55. The molecule has 0 aliphatic carbocycles. The molecule has 17 heavy (non-hydrogen) atoms. The van der Waals surface area contributed by atoms with Crippen molar-refractivity contribution in [2.75, 3.05) is 11.2 Å². The summed E-state index contributed by atoms with van der Waals surface area (Å²) in [4.78, 5) is 4.27. The Morgan fingerprint density at radius 2 is 1.94 bits per heavy atom. The monoisotopic (exact) mass is 310 g/mol. The largest absolute Gasteiger partial charge is 0.361 e. The lowest BCUT2D eigenvalue weighted by atomic mass is 10.1. The third-order valence-electron chi connectivity index (χ3n) is 2.43. The van der Waals surface area contributed by atoms with Gasteiger partial charge in [0.2, 0.25) is 0 Å². The zero-order chi connectivity index (χ0) is 12.1. The molecule has 1 atom stereocenters. The van der Waals surface area contributed by atoms with E-state index >= 15 is 0 Å². The first-order valence-corrected chi connectivity index (χ1v) is 6.62. The van der Waals surface area contributed by atoms with Crippen LogP contribution in [0.4, 0.5) is 5.82 Å². The summed E-state index contributed by atoms with van der Waals surface area (Å²) in [6.07, 6.45) is 1.75. The minimum Gasteiger partial charge on any atom is -0.361 e. The van der Waals surface area contributed by atoms with E-state index in [9.17, 15) is 0 Å². The first-order chi connectivity index (χ1) is 8.31. The van der Waals surface area contributed by atoms with E-state index in [1.165, 1.54) is 0 Å². The lowest BCUT2D eigenvalue weighted by Crippen LogP contribution is -2.13. The number of aromatic nitrogens is 1. The number of nitrogens with zero attached hydrogens (tertiary/aromatic N) is 1. The van der Waals surface area contributed by atoms with E-state index in [0.29, 0.717) is 5.88 Å². The summed E-state index contributed by atoms with van der Waals surface area (Å²) in [5.74, 6) is 1.30. The Bertz CT molecular complexity index is 476. The van der Waals surface area contributed by atoms with Crippen molar-refractivity contribution in [2.24, 2.45) is 0 Å². The molecule has 2 aromatic rings. The van der Waals surface area contributed by atoms with E-state index in [0.717, 1.165) is 15.9 Å². The summed E-state index contributed by atoms with van der Waals surface area (Å²) >= 11 is 9.46. The molecule has 0 amide bonds. The molecule has 1 heterocycles. The highest BCUT2D eigenvalue weighted by molar-refractivity contribution is 9.10. The van der Waals surface area contributed by atoms with Gasteiger partial charge in [0.1, 0.15) is 5.82 Å². The van der Waals surface area contributed by atoms with Crippen LogP contribution in [0.5, 0.6) is 0 Å². The Balaban J connectivity index is 2.19. The number of rotatable bonds is 4. The maximum Gasteiger partial charge on any atom is 0.140 e. The SMILES string of the molecule is ClCC(Nc1ncccc1Br)c1ccccc1. The quantitative estimate of drug-likeness (QED) is 0.854. The summed E-state index contributed by atoms with van der Waals surface area (Å²) < 4.78 is 0.936. The standard InChI is InChI=1S/C13H12BrClN2/c14-11-7-4-8-16-13(11)17-12(9-15)10-5-2-1-3-6-10/h1-8,12H,9H2,(H,16,17). The number of hydrogen-bond acceptors (Lipinski definition) is 2. The zero-order valence-electron chi connectivity index (χ0n) is 9.11. The predicted molar refractivity (Wildman–Crippen MR) is 75.5 cm³/mol. The second-order valence-corrected chi connectivity index (χ2v) is 4.76. The van der Waals surface area contributed by atoms with Crippen LogP contribution in [0.1, 0.15) is 11.6 Å². The summed E-state index contributed by atoms with van der Waals surface area (Å²) in [6, 6.07) is 14.0. The van der Waals surface area contributed by atoms with Gasteiger partial charge in [-0.3, -0.25) is 0 Å². The van der Waals surface area contributed by atoms with Crippen molar-refractivity contribution in [1.82, 2.24) is 4.98 Å². The molecule has 1 N–H and O–H groups in total. The molecular formula is C13H12BrClN2. The fraction of sp³-hybridized carbons (Fsp3) is 0.154. The molecule has 2 nitrogen and oxygen atoms in total. The Kier molecular flexibility index (Phi) is 4.40. The van der Waals surface area contributed by atoms with Gasteiger partial charge >= 0.3 is 0 Å². The highest BCUT2D eigenvalue weighted by atomic mass is 79.9. The van der Waals surface area contributed by atoms with Gasteiger partial charge in [-0.2, -0.15) is 0 Å². The molecule has 1 aromatic carbocycles. The summed E-state index contributed by atoms with van der Waals surface area (Å²) in [5, 5.41) is 3.32. The van der Waals surface area contributed by atoms with Crippen LogP contribution in [0.2, 0.25) is 0 Å². The molecular weight excluding hydrogens is 300 g/mol. The number of nitrogens with one attached hydrogen (secondary N) is 1. The van der Waals surface area contributed by atoms with Gasteiger partial charge in [-0.1, -0.05) is 30.3 Å². The molecule has 1 unspecified atom stereocenters. The Hall–Kier alpha value is -1.06. The van der Waals surface area contributed by atoms with E-state index in [1.807, 2.05) is 30.3 Å². The third kappa shape index (κ3) is 3.20. The first kappa shape index (κ1) is 12.4. The molecule has 4 heteroatoms. The highest BCUT2D eigenvalue weighted by Crippen LogP contribution is 2.24. The average Bonchev–Trinajstić information content (AvgIpc) is 2.39. The van der Waals surface area contributed by atoms with Crippen LogP contribution in [0, 0.1) is 0 Å². The summed E-state index contributed by atoms with van der Waals surface area (Å²) in [7, 11) is 0. The van der Waals surface area contributed by atoms with E-state index < -0.39 is 0 Å².